The molecule has 0 aromatic carbocycles. The molecule has 15 heavy (non-hydrogen) atoms. The normalized spacial score (nSPS) is 13.9. The van der Waals surface area contributed by atoms with Crippen molar-refractivity contribution in [3.63, 3.8) is 0 Å². The summed E-state index contributed by atoms with van der Waals surface area (Å²) < 4.78 is 10.5. The highest BCUT2D eigenvalue weighted by atomic mass is 16.5. The molecule has 0 aliphatic heterocycles. The van der Waals surface area contributed by atoms with Crippen LogP contribution in [0.25, 0.3) is 0 Å². The first-order valence-electron chi connectivity index (χ1n) is 5.00. The van der Waals surface area contributed by atoms with Crippen LogP contribution in [-0.4, -0.2) is 43.0 Å². The molecule has 0 heterocycles. The predicted octanol–water partition coefficient (Wildman–Crippen LogP) is 0.620. The standard InChI is InChI=1S/C10H21NO4/c1-10(2,14-3)5-7-15-6-4-8(11)9(12)13/h8H,4-7,11H2,1-3H3,(H,12,13). The van der Waals surface area contributed by atoms with Gasteiger partial charge in [0.05, 0.1) is 5.60 Å². The van der Waals surface area contributed by atoms with E-state index in [2.05, 4.69) is 0 Å². The van der Waals surface area contributed by atoms with Crippen molar-refractivity contribution in [1.29, 1.82) is 0 Å². The molecule has 0 bridgehead atoms. The molecule has 0 rings (SSSR count). The molecule has 0 aliphatic carbocycles. The Labute approximate surface area is 90.5 Å². The van der Waals surface area contributed by atoms with Crippen LogP contribution >= 0.6 is 0 Å². The van der Waals surface area contributed by atoms with Crippen molar-refractivity contribution in [2.45, 2.75) is 38.3 Å². The van der Waals surface area contributed by atoms with Crippen molar-refractivity contribution in [2.24, 2.45) is 5.73 Å². The minimum Gasteiger partial charge on any atom is -0.480 e. The second-order valence-corrected chi connectivity index (χ2v) is 4.06. The van der Waals surface area contributed by atoms with Gasteiger partial charge in [-0.3, -0.25) is 4.79 Å². The van der Waals surface area contributed by atoms with Crippen molar-refractivity contribution in [1.82, 2.24) is 0 Å². The Bertz CT molecular complexity index is 194. The third-order valence-electron chi connectivity index (χ3n) is 2.29. The number of ether oxygens (including phenoxy) is 2. The first kappa shape index (κ1) is 14.3. The summed E-state index contributed by atoms with van der Waals surface area (Å²) in [4.78, 5) is 10.4. The van der Waals surface area contributed by atoms with Gasteiger partial charge in [0, 0.05) is 20.3 Å². The molecular formula is C10H21NO4. The number of carbonyl (C=O) groups is 1. The number of aliphatic carboxylic acids is 1. The third kappa shape index (κ3) is 7.30. The van der Waals surface area contributed by atoms with Gasteiger partial charge in [0.15, 0.2) is 0 Å². The Morgan fingerprint density at radius 1 is 1.47 bits per heavy atom. The molecule has 1 atom stereocenters. The van der Waals surface area contributed by atoms with E-state index in [-0.39, 0.29) is 5.60 Å². The lowest BCUT2D eigenvalue weighted by molar-refractivity contribution is -0.139. The molecular weight excluding hydrogens is 198 g/mol. The van der Waals surface area contributed by atoms with Crippen LogP contribution in [0.4, 0.5) is 0 Å². The minimum atomic E-state index is -0.990. The molecule has 0 aromatic heterocycles. The lowest BCUT2D eigenvalue weighted by atomic mass is 10.1. The maximum Gasteiger partial charge on any atom is 0.320 e. The van der Waals surface area contributed by atoms with Crippen molar-refractivity contribution < 1.29 is 19.4 Å². The van der Waals surface area contributed by atoms with Crippen molar-refractivity contribution in [3.8, 4) is 0 Å². The maximum atomic E-state index is 10.4. The van der Waals surface area contributed by atoms with E-state index in [9.17, 15) is 4.79 Å². The summed E-state index contributed by atoms with van der Waals surface area (Å²) in [7, 11) is 1.65. The van der Waals surface area contributed by atoms with Crippen LogP contribution in [0, 0.1) is 0 Å². The number of hydrogen-bond acceptors (Lipinski definition) is 4. The average Bonchev–Trinajstić information content (AvgIpc) is 2.16. The van der Waals surface area contributed by atoms with E-state index in [1.54, 1.807) is 7.11 Å². The van der Waals surface area contributed by atoms with Crippen LogP contribution in [-0.2, 0) is 14.3 Å². The SMILES string of the molecule is COC(C)(C)CCOCCC(N)C(=O)O. The molecule has 1 unspecified atom stereocenters. The summed E-state index contributed by atoms with van der Waals surface area (Å²) in [6.07, 6.45) is 1.11. The molecule has 5 nitrogen and oxygen atoms in total. The molecule has 90 valence electrons. The van der Waals surface area contributed by atoms with Gasteiger partial charge in [0.2, 0.25) is 0 Å². The molecule has 0 amide bonds. The zero-order chi connectivity index (χ0) is 11.9. The Kier molecular flexibility index (Phi) is 6.47. The van der Waals surface area contributed by atoms with Gasteiger partial charge >= 0.3 is 5.97 Å². The lowest BCUT2D eigenvalue weighted by Crippen LogP contribution is -2.31. The second-order valence-electron chi connectivity index (χ2n) is 4.06. The smallest absolute Gasteiger partial charge is 0.320 e. The molecule has 0 saturated heterocycles. The average molecular weight is 219 g/mol. The fourth-order valence-corrected chi connectivity index (χ4v) is 0.856. The van der Waals surface area contributed by atoms with E-state index in [0.717, 1.165) is 6.42 Å². The van der Waals surface area contributed by atoms with E-state index in [1.807, 2.05) is 13.8 Å². The zero-order valence-corrected chi connectivity index (χ0v) is 9.66. The summed E-state index contributed by atoms with van der Waals surface area (Å²) in [6.45, 7) is 4.86. The van der Waals surface area contributed by atoms with Gasteiger partial charge in [-0.05, 0) is 26.7 Å². The predicted molar refractivity (Wildman–Crippen MR) is 56.8 cm³/mol. The fraction of sp³-hybridized carbons (Fsp3) is 0.900. The van der Waals surface area contributed by atoms with Crippen LogP contribution in [0.1, 0.15) is 26.7 Å². The molecule has 0 radical (unpaired) electrons. The summed E-state index contributed by atoms with van der Waals surface area (Å²) in [5.41, 5.74) is 5.11. The van der Waals surface area contributed by atoms with Crippen LogP contribution < -0.4 is 5.73 Å². The fourth-order valence-electron chi connectivity index (χ4n) is 0.856. The van der Waals surface area contributed by atoms with Crippen molar-refractivity contribution in [3.05, 3.63) is 0 Å². The van der Waals surface area contributed by atoms with Gasteiger partial charge in [-0.15, -0.1) is 0 Å². The summed E-state index contributed by atoms with van der Waals surface area (Å²) in [5, 5.41) is 8.51. The van der Waals surface area contributed by atoms with Gasteiger partial charge in [-0.1, -0.05) is 0 Å². The van der Waals surface area contributed by atoms with Crippen LogP contribution in [0.3, 0.4) is 0 Å². The van der Waals surface area contributed by atoms with E-state index in [1.165, 1.54) is 0 Å². The molecule has 0 spiro atoms. The Balaban J connectivity index is 3.44. The quantitative estimate of drug-likeness (QED) is 0.585. The molecule has 0 aromatic rings. The van der Waals surface area contributed by atoms with Crippen LogP contribution in [0.5, 0.6) is 0 Å². The van der Waals surface area contributed by atoms with Gasteiger partial charge in [0.25, 0.3) is 0 Å². The van der Waals surface area contributed by atoms with E-state index in [0.29, 0.717) is 19.6 Å². The topological polar surface area (TPSA) is 81.8 Å². The van der Waals surface area contributed by atoms with Crippen LogP contribution in [0.2, 0.25) is 0 Å². The minimum absolute atomic E-state index is 0.199. The maximum absolute atomic E-state index is 10.4. The zero-order valence-electron chi connectivity index (χ0n) is 9.66. The summed E-state index contributed by atoms with van der Waals surface area (Å²) >= 11 is 0. The Morgan fingerprint density at radius 2 is 2.07 bits per heavy atom. The summed E-state index contributed by atoms with van der Waals surface area (Å²) in [6, 6.07) is -0.833. The van der Waals surface area contributed by atoms with Gasteiger partial charge < -0.3 is 20.3 Å². The second kappa shape index (κ2) is 6.76. The van der Waals surface area contributed by atoms with Crippen LogP contribution in [0.15, 0.2) is 0 Å². The molecule has 0 aliphatic rings. The Morgan fingerprint density at radius 3 is 2.53 bits per heavy atom. The number of rotatable bonds is 8. The third-order valence-corrected chi connectivity index (χ3v) is 2.29. The van der Waals surface area contributed by atoms with E-state index in [4.69, 9.17) is 20.3 Å². The van der Waals surface area contributed by atoms with Crippen molar-refractivity contribution in [2.75, 3.05) is 20.3 Å². The van der Waals surface area contributed by atoms with Crippen molar-refractivity contribution >= 4 is 5.97 Å². The monoisotopic (exact) mass is 219 g/mol. The number of nitrogens with two attached hydrogens (primary N) is 1. The molecule has 0 fully saturated rings. The van der Waals surface area contributed by atoms with Gasteiger partial charge in [-0.2, -0.15) is 0 Å². The van der Waals surface area contributed by atoms with E-state index < -0.39 is 12.0 Å². The number of methoxy groups -OCH3 is 1. The lowest BCUT2D eigenvalue weighted by Gasteiger charge is -2.22. The molecule has 5 heteroatoms. The Hall–Kier alpha value is -0.650. The highest BCUT2D eigenvalue weighted by Crippen LogP contribution is 2.12. The number of carboxylic acids is 1. The first-order chi connectivity index (χ1) is 6.89. The van der Waals surface area contributed by atoms with E-state index >= 15 is 0 Å². The molecule has 0 saturated carbocycles. The first-order valence-corrected chi connectivity index (χ1v) is 5.00. The van der Waals surface area contributed by atoms with Gasteiger partial charge in [0.1, 0.15) is 6.04 Å². The summed E-state index contributed by atoms with van der Waals surface area (Å²) in [5.74, 6) is -0.990. The largest absolute Gasteiger partial charge is 0.480 e. The molecule has 3 N–H and O–H groups in total. The highest BCUT2D eigenvalue weighted by Gasteiger charge is 2.16. The highest BCUT2D eigenvalue weighted by molar-refractivity contribution is 5.72. The number of carboxylic acid groups (broad SMARTS) is 1. The van der Waals surface area contributed by atoms with Gasteiger partial charge in [-0.25, -0.2) is 0 Å². The number of hydrogen-bond donors (Lipinski definition) is 2.